The number of rotatable bonds is 2. The van der Waals surface area contributed by atoms with Gasteiger partial charge in [0.25, 0.3) is 0 Å². The molecule has 0 bridgehead atoms. The number of benzene rings is 1. The Hall–Kier alpha value is -0.650. The normalized spacial score (nSPS) is 10.0. The molecule has 0 unspecified atom stereocenters. The second-order valence-corrected chi connectivity index (χ2v) is 3.83. The molecule has 6 heteroatoms. The number of nitrogens with two attached hydrogens (primary N) is 1. The van der Waals surface area contributed by atoms with E-state index in [0.717, 1.165) is 0 Å². The first-order valence-electron chi connectivity index (χ1n) is 3.68. The lowest BCUT2D eigenvalue weighted by molar-refractivity contribution is -0.120. The first kappa shape index (κ1) is 11.4. The Bertz CT molecular complexity index is 373. The van der Waals surface area contributed by atoms with E-state index in [1.807, 2.05) is 5.43 Å². The van der Waals surface area contributed by atoms with E-state index in [-0.39, 0.29) is 17.0 Å². The largest absolute Gasteiger partial charge is 0.294 e. The van der Waals surface area contributed by atoms with Crippen molar-refractivity contribution in [1.29, 1.82) is 0 Å². The summed E-state index contributed by atoms with van der Waals surface area (Å²) in [6.45, 7) is 0. The molecule has 0 aliphatic heterocycles. The highest BCUT2D eigenvalue weighted by molar-refractivity contribution is 9.10. The molecular formula is C8H7BrClFN2O. The van der Waals surface area contributed by atoms with E-state index in [4.69, 9.17) is 17.4 Å². The summed E-state index contributed by atoms with van der Waals surface area (Å²) >= 11 is 8.67. The second-order valence-electron chi connectivity index (χ2n) is 2.57. The fourth-order valence-corrected chi connectivity index (χ4v) is 1.57. The number of hydrogen-bond acceptors (Lipinski definition) is 2. The Balaban J connectivity index is 3.06. The molecule has 1 aromatic rings. The standard InChI is InChI=1S/C8H7BrClFN2O/c9-5-1-2-6(10)8(11)4(5)3-7(14)13-12/h1-2H,3,12H2,(H,13,14). The van der Waals surface area contributed by atoms with Crippen molar-refractivity contribution in [1.82, 2.24) is 5.43 Å². The zero-order valence-corrected chi connectivity index (χ0v) is 9.32. The SMILES string of the molecule is NNC(=O)Cc1c(Br)ccc(Cl)c1F. The molecule has 0 aliphatic carbocycles. The molecule has 3 N–H and O–H groups in total. The predicted octanol–water partition coefficient (Wildman–Crippen LogP) is 1.77. The minimum atomic E-state index is -0.607. The molecule has 0 heterocycles. The minimum Gasteiger partial charge on any atom is -0.294 e. The van der Waals surface area contributed by atoms with Gasteiger partial charge in [0.2, 0.25) is 5.91 Å². The molecule has 1 rings (SSSR count). The van der Waals surface area contributed by atoms with Gasteiger partial charge in [-0.15, -0.1) is 0 Å². The van der Waals surface area contributed by atoms with Crippen LogP contribution in [-0.4, -0.2) is 5.91 Å². The fourth-order valence-electron chi connectivity index (χ4n) is 0.943. The topological polar surface area (TPSA) is 55.1 Å². The van der Waals surface area contributed by atoms with Crippen molar-refractivity contribution in [2.24, 2.45) is 5.84 Å². The fraction of sp³-hybridized carbons (Fsp3) is 0.125. The third-order valence-electron chi connectivity index (χ3n) is 1.64. The molecule has 0 fully saturated rings. The van der Waals surface area contributed by atoms with E-state index < -0.39 is 11.7 Å². The Morgan fingerprint density at radius 3 is 2.86 bits per heavy atom. The van der Waals surface area contributed by atoms with Gasteiger partial charge in [-0.3, -0.25) is 10.2 Å². The van der Waals surface area contributed by atoms with Gasteiger partial charge in [0.1, 0.15) is 5.82 Å². The van der Waals surface area contributed by atoms with Crippen molar-refractivity contribution < 1.29 is 9.18 Å². The summed E-state index contributed by atoms with van der Waals surface area (Å²) in [5.41, 5.74) is 2.11. The molecule has 0 saturated carbocycles. The Morgan fingerprint density at radius 1 is 1.64 bits per heavy atom. The minimum absolute atomic E-state index is 0.0204. The molecule has 1 amide bonds. The summed E-state index contributed by atoms with van der Waals surface area (Å²) in [5, 5.41) is -0.0204. The van der Waals surface area contributed by atoms with Crippen LogP contribution in [0.1, 0.15) is 5.56 Å². The van der Waals surface area contributed by atoms with Crippen LogP contribution in [0.15, 0.2) is 16.6 Å². The van der Waals surface area contributed by atoms with Crippen LogP contribution in [0.5, 0.6) is 0 Å². The lowest BCUT2D eigenvalue weighted by atomic mass is 10.1. The van der Waals surface area contributed by atoms with Crippen LogP contribution in [0.2, 0.25) is 5.02 Å². The van der Waals surface area contributed by atoms with Crippen LogP contribution in [0.25, 0.3) is 0 Å². The zero-order chi connectivity index (χ0) is 10.7. The number of nitrogens with one attached hydrogen (secondary N) is 1. The van der Waals surface area contributed by atoms with Crippen LogP contribution < -0.4 is 11.3 Å². The summed E-state index contributed by atoms with van der Waals surface area (Å²) in [6, 6.07) is 2.98. The van der Waals surface area contributed by atoms with E-state index >= 15 is 0 Å². The molecule has 76 valence electrons. The molecule has 0 aliphatic rings. The number of halogens is 3. The molecule has 0 aromatic heterocycles. The van der Waals surface area contributed by atoms with Crippen molar-refractivity contribution in [3.05, 3.63) is 33.0 Å². The van der Waals surface area contributed by atoms with Crippen molar-refractivity contribution in [2.75, 3.05) is 0 Å². The van der Waals surface area contributed by atoms with Gasteiger partial charge in [0, 0.05) is 10.0 Å². The number of hydrazine groups is 1. The van der Waals surface area contributed by atoms with Gasteiger partial charge in [-0.25, -0.2) is 10.2 Å². The predicted molar refractivity (Wildman–Crippen MR) is 55.1 cm³/mol. The molecule has 0 saturated heterocycles. The summed E-state index contributed by atoms with van der Waals surface area (Å²) in [4.78, 5) is 10.9. The molecule has 14 heavy (non-hydrogen) atoms. The lowest BCUT2D eigenvalue weighted by Crippen LogP contribution is -2.31. The van der Waals surface area contributed by atoms with Crippen LogP contribution in [0.3, 0.4) is 0 Å². The van der Waals surface area contributed by atoms with E-state index in [9.17, 15) is 9.18 Å². The molecule has 3 nitrogen and oxygen atoms in total. The number of amides is 1. The highest BCUT2D eigenvalue weighted by atomic mass is 79.9. The van der Waals surface area contributed by atoms with Gasteiger partial charge in [-0.2, -0.15) is 0 Å². The summed E-state index contributed by atoms with van der Waals surface area (Å²) < 4.78 is 13.9. The smallest absolute Gasteiger partial charge is 0.238 e. The van der Waals surface area contributed by atoms with E-state index in [1.165, 1.54) is 6.07 Å². The molecule has 0 atom stereocenters. The van der Waals surface area contributed by atoms with Crippen LogP contribution in [0, 0.1) is 5.82 Å². The van der Waals surface area contributed by atoms with Gasteiger partial charge in [0.15, 0.2) is 0 Å². The first-order chi connectivity index (χ1) is 6.56. The van der Waals surface area contributed by atoms with Gasteiger partial charge >= 0.3 is 0 Å². The third kappa shape index (κ3) is 2.43. The van der Waals surface area contributed by atoms with E-state index in [0.29, 0.717) is 4.47 Å². The number of hydrogen-bond donors (Lipinski definition) is 2. The van der Waals surface area contributed by atoms with Crippen molar-refractivity contribution in [2.45, 2.75) is 6.42 Å². The Labute approximate surface area is 93.5 Å². The van der Waals surface area contributed by atoms with Crippen molar-refractivity contribution in [3.8, 4) is 0 Å². The van der Waals surface area contributed by atoms with Crippen molar-refractivity contribution >= 4 is 33.4 Å². The Kier molecular flexibility index (Phi) is 3.86. The van der Waals surface area contributed by atoms with Crippen LogP contribution >= 0.6 is 27.5 Å². The average Bonchev–Trinajstić information content (AvgIpc) is 2.18. The molecule has 0 radical (unpaired) electrons. The van der Waals surface area contributed by atoms with Crippen LogP contribution in [0.4, 0.5) is 4.39 Å². The van der Waals surface area contributed by atoms with Gasteiger partial charge in [0.05, 0.1) is 11.4 Å². The first-order valence-corrected chi connectivity index (χ1v) is 4.85. The number of carbonyl (C=O) groups is 1. The second kappa shape index (κ2) is 4.72. The molecule has 0 spiro atoms. The maximum atomic E-state index is 13.4. The molecular weight excluding hydrogens is 274 g/mol. The highest BCUT2D eigenvalue weighted by Crippen LogP contribution is 2.26. The monoisotopic (exact) mass is 280 g/mol. The van der Waals surface area contributed by atoms with Gasteiger partial charge in [-0.05, 0) is 12.1 Å². The maximum Gasteiger partial charge on any atom is 0.238 e. The number of carbonyl (C=O) groups excluding carboxylic acids is 1. The quantitative estimate of drug-likeness (QED) is 0.376. The Morgan fingerprint density at radius 2 is 2.29 bits per heavy atom. The van der Waals surface area contributed by atoms with Crippen LogP contribution in [-0.2, 0) is 11.2 Å². The van der Waals surface area contributed by atoms with E-state index in [2.05, 4.69) is 15.9 Å². The summed E-state index contributed by atoms with van der Waals surface area (Å²) in [5.74, 6) is 3.80. The van der Waals surface area contributed by atoms with Crippen molar-refractivity contribution in [3.63, 3.8) is 0 Å². The molecule has 1 aromatic carbocycles. The average molecular weight is 282 g/mol. The summed E-state index contributed by atoms with van der Waals surface area (Å²) in [6.07, 6.45) is -0.149. The maximum absolute atomic E-state index is 13.4. The highest BCUT2D eigenvalue weighted by Gasteiger charge is 2.13. The summed E-state index contributed by atoms with van der Waals surface area (Å²) in [7, 11) is 0. The zero-order valence-electron chi connectivity index (χ0n) is 6.98. The van der Waals surface area contributed by atoms with Gasteiger partial charge in [-0.1, -0.05) is 27.5 Å². The van der Waals surface area contributed by atoms with Gasteiger partial charge < -0.3 is 0 Å². The lowest BCUT2D eigenvalue weighted by Gasteiger charge is -2.06. The van der Waals surface area contributed by atoms with E-state index in [1.54, 1.807) is 6.07 Å². The third-order valence-corrected chi connectivity index (χ3v) is 2.67.